The highest BCUT2D eigenvalue weighted by atomic mass is 16.1. The zero-order valence-electron chi connectivity index (χ0n) is 15.7. The number of nitrogens with two attached hydrogens (primary N) is 1. The molecule has 6 nitrogen and oxygen atoms in total. The minimum atomic E-state index is -0.472. The minimum Gasteiger partial charge on any atom is -0.366 e. The fraction of sp³-hybridized carbons (Fsp3) is 0.0435. The number of hydrogen-bond acceptors (Lipinski definition) is 4. The molecule has 4 aromatic heterocycles. The second-order valence-corrected chi connectivity index (χ2v) is 6.87. The number of carbonyl (C=O) groups is 1. The largest absolute Gasteiger partial charge is 0.366 e. The molecule has 5 rings (SSSR count). The van der Waals surface area contributed by atoms with Crippen LogP contribution in [-0.4, -0.2) is 25.5 Å². The van der Waals surface area contributed by atoms with Crippen molar-refractivity contribution >= 4 is 22.3 Å². The highest BCUT2D eigenvalue weighted by Crippen LogP contribution is 2.37. The normalized spacial score (nSPS) is 11.2. The van der Waals surface area contributed by atoms with Crippen molar-refractivity contribution in [2.24, 2.45) is 5.73 Å². The SMILES string of the molecule is Cc1cccc(-c2nn3ccccc3c2-c2ccnc3cc(C(N)=O)ccc23)n1. The van der Waals surface area contributed by atoms with Crippen LogP contribution in [0.4, 0.5) is 0 Å². The Bertz CT molecular complexity index is 1400. The van der Waals surface area contributed by atoms with Gasteiger partial charge in [0.2, 0.25) is 5.91 Å². The molecule has 0 spiro atoms. The summed E-state index contributed by atoms with van der Waals surface area (Å²) in [5.74, 6) is -0.472. The van der Waals surface area contributed by atoms with Crippen LogP contribution in [0, 0.1) is 6.92 Å². The van der Waals surface area contributed by atoms with E-state index in [1.807, 2.05) is 66.2 Å². The van der Waals surface area contributed by atoms with Crippen molar-refractivity contribution in [2.45, 2.75) is 6.92 Å². The van der Waals surface area contributed by atoms with E-state index in [0.717, 1.165) is 39.1 Å². The van der Waals surface area contributed by atoms with Crippen LogP contribution >= 0.6 is 0 Å². The molecule has 0 saturated carbocycles. The van der Waals surface area contributed by atoms with Gasteiger partial charge in [0.1, 0.15) is 5.69 Å². The Hall–Kier alpha value is -4.06. The van der Waals surface area contributed by atoms with Gasteiger partial charge >= 0.3 is 0 Å². The molecule has 0 aliphatic rings. The number of primary amides is 1. The van der Waals surface area contributed by atoms with Gasteiger partial charge in [0.25, 0.3) is 0 Å². The zero-order chi connectivity index (χ0) is 20.0. The Morgan fingerprint density at radius 1 is 1.03 bits per heavy atom. The number of fused-ring (bicyclic) bond motifs is 2. The van der Waals surface area contributed by atoms with E-state index >= 15 is 0 Å². The molecule has 0 atom stereocenters. The average Bonchev–Trinajstić information content (AvgIpc) is 3.12. The summed E-state index contributed by atoms with van der Waals surface area (Å²) in [7, 11) is 0. The summed E-state index contributed by atoms with van der Waals surface area (Å²) in [6.45, 7) is 1.96. The Labute approximate surface area is 166 Å². The van der Waals surface area contributed by atoms with Gasteiger partial charge in [0.15, 0.2) is 0 Å². The van der Waals surface area contributed by atoms with Gasteiger partial charge in [-0.3, -0.25) is 14.8 Å². The maximum Gasteiger partial charge on any atom is 0.248 e. The van der Waals surface area contributed by atoms with Crippen LogP contribution in [0.25, 0.3) is 38.9 Å². The molecule has 2 N–H and O–H groups in total. The summed E-state index contributed by atoms with van der Waals surface area (Å²) < 4.78 is 1.86. The molecule has 0 unspecified atom stereocenters. The number of pyridine rings is 3. The van der Waals surface area contributed by atoms with E-state index < -0.39 is 5.91 Å². The average molecular weight is 379 g/mol. The lowest BCUT2D eigenvalue weighted by Crippen LogP contribution is -2.10. The lowest BCUT2D eigenvalue weighted by atomic mass is 9.97. The first-order valence-corrected chi connectivity index (χ1v) is 9.22. The zero-order valence-corrected chi connectivity index (χ0v) is 15.7. The van der Waals surface area contributed by atoms with Gasteiger partial charge in [0, 0.05) is 34.6 Å². The first-order valence-electron chi connectivity index (χ1n) is 9.22. The van der Waals surface area contributed by atoms with Crippen LogP contribution in [-0.2, 0) is 0 Å². The second kappa shape index (κ2) is 6.53. The van der Waals surface area contributed by atoms with Gasteiger partial charge in [-0.25, -0.2) is 4.52 Å². The molecule has 29 heavy (non-hydrogen) atoms. The van der Waals surface area contributed by atoms with E-state index in [2.05, 4.69) is 9.97 Å². The van der Waals surface area contributed by atoms with Crippen molar-refractivity contribution in [3.8, 4) is 22.5 Å². The number of amides is 1. The number of rotatable bonds is 3. The third-order valence-electron chi connectivity index (χ3n) is 4.97. The Balaban J connectivity index is 1.85. The Morgan fingerprint density at radius 3 is 2.76 bits per heavy atom. The highest BCUT2D eigenvalue weighted by Gasteiger charge is 2.19. The maximum atomic E-state index is 11.6. The molecule has 1 amide bonds. The standard InChI is InChI=1S/C23H17N5O/c1-14-5-4-6-18(26-14)22-21(20-7-2-3-12-28(20)27-22)17-10-11-25-19-13-15(23(24)29)8-9-16(17)19/h2-13H,1H3,(H2,24,29). The Morgan fingerprint density at radius 2 is 1.93 bits per heavy atom. The van der Waals surface area contributed by atoms with Crippen molar-refractivity contribution in [3.05, 3.63) is 84.3 Å². The summed E-state index contributed by atoms with van der Waals surface area (Å²) in [5, 5.41) is 5.73. The smallest absolute Gasteiger partial charge is 0.248 e. The van der Waals surface area contributed by atoms with Crippen LogP contribution in [0.5, 0.6) is 0 Å². The first kappa shape index (κ1) is 17.1. The summed E-state index contributed by atoms with van der Waals surface area (Å²) in [5.41, 5.74) is 12.0. The molecular formula is C23H17N5O. The number of benzene rings is 1. The third-order valence-corrected chi connectivity index (χ3v) is 4.97. The summed E-state index contributed by atoms with van der Waals surface area (Å²) in [4.78, 5) is 20.7. The predicted octanol–water partition coefficient (Wildman–Crippen LogP) is 4.02. The van der Waals surface area contributed by atoms with Crippen molar-refractivity contribution in [3.63, 3.8) is 0 Å². The number of nitrogens with zero attached hydrogens (tertiary/aromatic N) is 4. The lowest BCUT2D eigenvalue weighted by Gasteiger charge is -2.08. The van der Waals surface area contributed by atoms with Crippen LogP contribution < -0.4 is 5.73 Å². The van der Waals surface area contributed by atoms with E-state index in [-0.39, 0.29) is 0 Å². The molecule has 0 fully saturated rings. The van der Waals surface area contributed by atoms with Gasteiger partial charge in [0.05, 0.1) is 16.7 Å². The van der Waals surface area contributed by atoms with Crippen molar-refractivity contribution < 1.29 is 4.79 Å². The molecule has 140 valence electrons. The summed E-state index contributed by atoms with van der Waals surface area (Å²) >= 11 is 0. The molecule has 6 heteroatoms. The molecule has 5 aromatic rings. The monoisotopic (exact) mass is 379 g/mol. The predicted molar refractivity (Wildman–Crippen MR) is 112 cm³/mol. The number of aryl methyl sites for hydroxylation is 1. The number of aromatic nitrogens is 4. The molecule has 1 aromatic carbocycles. The maximum absolute atomic E-state index is 11.6. The molecule has 0 aliphatic carbocycles. The van der Waals surface area contributed by atoms with Crippen molar-refractivity contribution in [2.75, 3.05) is 0 Å². The molecule has 0 bridgehead atoms. The van der Waals surface area contributed by atoms with Gasteiger partial charge in [-0.05, 0) is 55.0 Å². The third kappa shape index (κ3) is 2.82. The van der Waals surface area contributed by atoms with Crippen LogP contribution in [0.3, 0.4) is 0 Å². The topological polar surface area (TPSA) is 86.2 Å². The van der Waals surface area contributed by atoms with E-state index in [4.69, 9.17) is 10.8 Å². The van der Waals surface area contributed by atoms with Gasteiger partial charge < -0.3 is 5.73 Å². The fourth-order valence-electron chi connectivity index (χ4n) is 3.64. The van der Waals surface area contributed by atoms with Gasteiger partial charge in [-0.2, -0.15) is 5.10 Å². The van der Waals surface area contributed by atoms with Crippen LogP contribution in [0.15, 0.2) is 73.1 Å². The fourth-order valence-corrected chi connectivity index (χ4v) is 3.64. The van der Waals surface area contributed by atoms with Gasteiger partial charge in [-0.15, -0.1) is 0 Å². The number of carbonyl (C=O) groups excluding carboxylic acids is 1. The van der Waals surface area contributed by atoms with Crippen LogP contribution in [0.2, 0.25) is 0 Å². The number of hydrogen-bond donors (Lipinski definition) is 1. The van der Waals surface area contributed by atoms with Crippen molar-refractivity contribution in [1.82, 2.24) is 19.6 Å². The Kier molecular flexibility index (Phi) is 3.84. The van der Waals surface area contributed by atoms with Crippen LogP contribution in [0.1, 0.15) is 16.1 Å². The molecular weight excluding hydrogens is 362 g/mol. The van der Waals surface area contributed by atoms with Crippen molar-refractivity contribution in [1.29, 1.82) is 0 Å². The molecule has 0 aliphatic heterocycles. The summed E-state index contributed by atoms with van der Waals surface area (Å²) in [6.07, 6.45) is 3.66. The quantitative estimate of drug-likeness (QED) is 0.513. The molecule has 0 radical (unpaired) electrons. The van der Waals surface area contributed by atoms with E-state index in [1.165, 1.54) is 0 Å². The van der Waals surface area contributed by atoms with E-state index in [1.54, 1.807) is 18.3 Å². The summed E-state index contributed by atoms with van der Waals surface area (Å²) in [6, 6.07) is 19.2. The van der Waals surface area contributed by atoms with Gasteiger partial charge in [-0.1, -0.05) is 18.2 Å². The lowest BCUT2D eigenvalue weighted by molar-refractivity contribution is 0.100. The molecule has 4 heterocycles. The highest BCUT2D eigenvalue weighted by molar-refractivity contribution is 6.05. The molecule has 0 saturated heterocycles. The second-order valence-electron chi connectivity index (χ2n) is 6.87. The first-order chi connectivity index (χ1) is 14.1. The minimum absolute atomic E-state index is 0.433. The van der Waals surface area contributed by atoms with E-state index in [0.29, 0.717) is 11.1 Å². The van der Waals surface area contributed by atoms with E-state index in [9.17, 15) is 4.79 Å².